The zero-order chi connectivity index (χ0) is 15.8. The Bertz CT molecular complexity index is 723. The normalized spacial score (nSPS) is 24.7. The summed E-state index contributed by atoms with van der Waals surface area (Å²) in [5.41, 5.74) is 1.11. The van der Waals surface area contributed by atoms with Gasteiger partial charge in [0.15, 0.2) is 12.5 Å². The number of rotatable bonds is 4. The zero-order valence-electron chi connectivity index (χ0n) is 13.6. The van der Waals surface area contributed by atoms with E-state index < -0.39 is 0 Å². The molecule has 4 rings (SSSR count). The van der Waals surface area contributed by atoms with E-state index >= 15 is 0 Å². The molecule has 1 aliphatic carbocycles. The SMILES string of the molecule is CC1CC[NH+](Cn2nc(-c3ccncc3)n(C3CC3)c2=S)CC1. The number of nitrogens with zero attached hydrogens (tertiary/aromatic N) is 4. The molecule has 2 aromatic heterocycles. The van der Waals surface area contributed by atoms with E-state index in [4.69, 9.17) is 17.3 Å². The molecule has 0 spiro atoms. The summed E-state index contributed by atoms with van der Waals surface area (Å²) in [6.45, 7) is 5.70. The molecule has 1 aliphatic heterocycles. The van der Waals surface area contributed by atoms with Crippen molar-refractivity contribution in [1.82, 2.24) is 19.3 Å². The maximum atomic E-state index is 5.76. The van der Waals surface area contributed by atoms with Gasteiger partial charge < -0.3 is 4.90 Å². The van der Waals surface area contributed by atoms with Crippen LogP contribution < -0.4 is 4.90 Å². The van der Waals surface area contributed by atoms with Crippen LogP contribution in [0.2, 0.25) is 0 Å². The van der Waals surface area contributed by atoms with Gasteiger partial charge in [-0.15, -0.1) is 5.10 Å². The molecule has 0 unspecified atom stereocenters. The first-order valence-corrected chi connectivity index (χ1v) is 9.06. The van der Waals surface area contributed by atoms with E-state index in [9.17, 15) is 0 Å². The number of aromatic nitrogens is 4. The third-order valence-electron chi connectivity index (χ3n) is 5.08. The van der Waals surface area contributed by atoms with Crippen molar-refractivity contribution in [3.05, 3.63) is 29.3 Å². The molecule has 0 radical (unpaired) electrons. The molecule has 1 N–H and O–H groups in total. The van der Waals surface area contributed by atoms with Crippen molar-refractivity contribution in [1.29, 1.82) is 0 Å². The Labute approximate surface area is 142 Å². The Morgan fingerprint density at radius 1 is 1.17 bits per heavy atom. The van der Waals surface area contributed by atoms with Gasteiger partial charge in [0.2, 0.25) is 4.77 Å². The first kappa shape index (κ1) is 15.0. The van der Waals surface area contributed by atoms with Crippen LogP contribution >= 0.6 is 12.2 Å². The molecule has 1 saturated heterocycles. The minimum Gasteiger partial charge on any atom is -0.316 e. The highest BCUT2D eigenvalue weighted by Crippen LogP contribution is 2.38. The van der Waals surface area contributed by atoms with Crippen molar-refractivity contribution < 1.29 is 4.90 Å². The number of quaternary nitrogens is 1. The average molecular weight is 330 g/mol. The van der Waals surface area contributed by atoms with Gasteiger partial charge in [-0.05, 0) is 56.0 Å². The highest BCUT2D eigenvalue weighted by atomic mass is 32.1. The molecule has 1 saturated carbocycles. The average Bonchev–Trinajstić information content (AvgIpc) is 3.36. The molecule has 6 heteroatoms. The topological polar surface area (TPSA) is 40.1 Å². The largest absolute Gasteiger partial charge is 0.316 e. The van der Waals surface area contributed by atoms with Gasteiger partial charge >= 0.3 is 0 Å². The van der Waals surface area contributed by atoms with Gasteiger partial charge in [-0.3, -0.25) is 9.55 Å². The summed E-state index contributed by atoms with van der Waals surface area (Å²) in [5.74, 6) is 1.87. The fraction of sp³-hybridized carbons (Fsp3) is 0.588. The van der Waals surface area contributed by atoms with E-state index in [0.717, 1.165) is 28.7 Å². The molecule has 2 aliphatic rings. The lowest BCUT2D eigenvalue weighted by Crippen LogP contribution is -3.12. The van der Waals surface area contributed by atoms with Crippen molar-refractivity contribution >= 4 is 12.2 Å². The Balaban J connectivity index is 1.64. The zero-order valence-corrected chi connectivity index (χ0v) is 14.4. The van der Waals surface area contributed by atoms with E-state index in [1.54, 1.807) is 4.90 Å². The van der Waals surface area contributed by atoms with Crippen LogP contribution in [0.15, 0.2) is 24.5 Å². The molecule has 122 valence electrons. The maximum absolute atomic E-state index is 5.76. The molecular formula is C17H24N5S+. The lowest BCUT2D eigenvalue weighted by atomic mass is 10.00. The van der Waals surface area contributed by atoms with E-state index in [1.165, 1.54) is 38.8 Å². The predicted octanol–water partition coefficient (Wildman–Crippen LogP) is 2.08. The highest BCUT2D eigenvalue weighted by molar-refractivity contribution is 7.71. The molecule has 0 aromatic carbocycles. The molecule has 0 bridgehead atoms. The molecule has 0 amide bonds. The molecule has 2 fully saturated rings. The molecule has 3 heterocycles. The minimum atomic E-state index is 0.538. The fourth-order valence-electron chi connectivity index (χ4n) is 3.42. The Morgan fingerprint density at radius 2 is 1.87 bits per heavy atom. The van der Waals surface area contributed by atoms with Crippen molar-refractivity contribution in [3.63, 3.8) is 0 Å². The first-order valence-electron chi connectivity index (χ1n) is 8.65. The first-order chi connectivity index (χ1) is 11.2. The minimum absolute atomic E-state index is 0.538. The molecule has 2 aromatic rings. The van der Waals surface area contributed by atoms with Gasteiger partial charge in [0.05, 0.1) is 13.1 Å². The predicted molar refractivity (Wildman–Crippen MR) is 91.6 cm³/mol. The van der Waals surface area contributed by atoms with Gasteiger partial charge in [0.1, 0.15) is 0 Å². The van der Waals surface area contributed by atoms with Crippen LogP contribution in [0.5, 0.6) is 0 Å². The number of nitrogens with one attached hydrogen (secondary N) is 1. The molecule has 0 atom stereocenters. The van der Waals surface area contributed by atoms with E-state index in [-0.39, 0.29) is 0 Å². The van der Waals surface area contributed by atoms with Crippen LogP contribution in [0.4, 0.5) is 0 Å². The number of hydrogen-bond acceptors (Lipinski definition) is 3. The van der Waals surface area contributed by atoms with Crippen LogP contribution in [-0.2, 0) is 6.67 Å². The quantitative estimate of drug-likeness (QED) is 0.873. The second-order valence-corrected chi connectivity index (χ2v) is 7.40. The van der Waals surface area contributed by atoms with E-state index in [0.29, 0.717) is 6.04 Å². The Kier molecular flexibility index (Phi) is 4.03. The van der Waals surface area contributed by atoms with Crippen molar-refractivity contribution in [3.8, 4) is 11.4 Å². The van der Waals surface area contributed by atoms with Crippen LogP contribution in [0.25, 0.3) is 11.4 Å². The van der Waals surface area contributed by atoms with Crippen LogP contribution in [0, 0.1) is 10.7 Å². The summed E-state index contributed by atoms with van der Waals surface area (Å²) in [7, 11) is 0. The van der Waals surface area contributed by atoms with Gasteiger partial charge in [0, 0.05) is 24.0 Å². The lowest BCUT2D eigenvalue weighted by Gasteiger charge is -2.26. The number of hydrogen-bond donors (Lipinski definition) is 1. The summed E-state index contributed by atoms with van der Waals surface area (Å²) in [6, 6.07) is 4.58. The highest BCUT2D eigenvalue weighted by Gasteiger charge is 2.30. The van der Waals surface area contributed by atoms with E-state index in [2.05, 4.69) is 21.2 Å². The summed E-state index contributed by atoms with van der Waals surface area (Å²) < 4.78 is 5.19. The fourth-order valence-corrected chi connectivity index (χ4v) is 3.76. The summed E-state index contributed by atoms with van der Waals surface area (Å²) >= 11 is 5.76. The van der Waals surface area contributed by atoms with Gasteiger partial charge in [0.25, 0.3) is 0 Å². The van der Waals surface area contributed by atoms with Gasteiger partial charge in [-0.2, -0.15) is 4.68 Å². The molecule has 5 nitrogen and oxygen atoms in total. The number of piperidine rings is 1. The Hall–Kier alpha value is -1.53. The third kappa shape index (κ3) is 3.10. The summed E-state index contributed by atoms with van der Waals surface area (Å²) in [4.78, 5) is 5.72. The number of likely N-dealkylation sites (tertiary alicyclic amines) is 1. The monoisotopic (exact) mass is 330 g/mol. The summed E-state index contributed by atoms with van der Waals surface area (Å²) in [5, 5.41) is 4.88. The van der Waals surface area contributed by atoms with Crippen molar-refractivity contribution in [2.24, 2.45) is 5.92 Å². The standard InChI is InChI=1S/C17H23N5S/c1-13-6-10-20(11-7-13)12-21-17(23)22(15-2-3-15)16(19-21)14-4-8-18-9-5-14/h4-5,8-9,13,15H,2-3,6-7,10-12H2,1H3/p+1. The van der Waals surface area contributed by atoms with Gasteiger partial charge in [-0.25, -0.2) is 0 Å². The Morgan fingerprint density at radius 3 is 2.52 bits per heavy atom. The van der Waals surface area contributed by atoms with Crippen molar-refractivity contribution in [2.45, 2.75) is 45.3 Å². The van der Waals surface area contributed by atoms with Crippen LogP contribution in [-0.4, -0.2) is 32.4 Å². The smallest absolute Gasteiger partial charge is 0.203 e. The second-order valence-electron chi connectivity index (χ2n) is 7.03. The van der Waals surface area contributed by atoms with Crippen molar-refractivity contribution in [2.75, 3.05) is 13.1 Å². The number of pyridine rings is 1. The van der Waals surface area contributed by atoms with Gasteiger partial charge in [-0.1, -0.05) is 6.92 Å². The molecule has 23 heavy (non-hydrogen) atoms. The third-order valence-corrected chi connectivity index (χ3v) is 5.48. The lowest BCUT2D eigenvalue weighted by molar-refractivity contribution is -0.929. The summed E-state index contributed by atoms with van der Waals surface area (Å²) in [6.07, 6.45) is 8.70. The molecular weight excluding hydrogens is 306 g/mol. The second kappa shape index (κ2) is 6.17. The van der Waals surface area contributed by atoms with E-state index in [1.807, 2.05) is 24.5 Å². The van der Waals surface area contributed by atoms with Crippen LogP contribution in [0.3, 0.4) is 0 Å². The van der Waals surface area contributed by atoms with Crippen LogP contribution in [0.1, 0.15) is 38.6 Å². The maximum Gasteiger partial charge on any atom is 0.203 e.